The zero-order valence-corrected chi connectivity index (χ0v) is 19.5. The Morgan fingerprint density at radius 3 is 2.79 bits per heavy atom. The summed E-state index contributed by atoms with van der Waals surface area (Å²) in [6.45, 7) is 7.15. The molecule has 0 bridgehead atoms. The second kappa shape index (κ2) is 11.0. The molecular formula is C26H32N4O4. The van der Waals surface area contributed by atoms with Crippen LogP contribution in [0.15, 0.2) is 54.9 Å². The first-order valence-electron chi connectivity index (χ1n) is 12.1. The number of ether oxygens (including phenoxy) is 3. The van der Waals surface area contributed by atoms with Crippen molar-refractivity contribution in [3.05, 3.63) is 66.0 Å². The molecule has 180 valence electrons. The molecule has 2 aliphatic heterocycles. The topological polar surface area (TPSA) is 68.5 Å². The zero-order chi connectivity index (χ0) is 23.2. The summed E-state index contributed by atoms with van der Waals surface area (Å²) in [7, 11) is 0. The summed E-state index contributed by atoms with van der Waals surface area (Å²) in [5.41, 5.74) is 2.93. The highest BCUT2D eigenvalue weighted by Gasteiger charge is 2.26. The van der Waals surface area contributed by atoms with Crippen LogP contribution in [0.4, 0.5) is 0 Å². The van der Waals surface area contributed by atoms with Gasteiger partial charge in [-0.25, -0.2) is 4.52 Å². The van der Waals surface area contributed by atoms with E-state index in [-0.39, 0.29) is 11.8 Å². The number of aromatic nitrogens is 2. The predicted octanol–water partition coefficient (Wildman–Crippen LogP) is 2.38. The lowest BCUT2D eigenvalue weighted by Crippen LogP contribution is -2.39. The average molecular weight is 465 g/mol. The summed E-state index contributed by atoms with van der Waals surface area (Å²) in [4.78, 5) is 17.8. The number of para-hydroxylation sites is 1. The molecule has 0 spiro atoms. The first-order valence-corrected chi connectivity index (χ1v) is 12.1. The highest BCUT2D eigenvalue weighted by Crippen LogP contribution is 2.23. The number of amides is 1. The molecule has 8 nitrogen and oxygen atoms in total. The summed E-state index contributed by atoms with van der Waals surface area (Å²) in [6.07, 6.45) is 4.60. The Balaban J connectivity index is 1.24. The first kappa shape index (κ1) is 22.8. The molecule has 0 radical (unpaired) electrons. The van der Waals surface area contributed by atoms with Gasteiger partial charge >= 0.3 is 0 Å². The Morgan fingerprint density at radius 2 is 1.88 bits per heavy atom. The van der Waals surface area contributed by atoms with Crippen molar-refractivity contribution in [2.24, 2.45) is 5.92 Å². The van der Waals surface area contributed by atoms with Gasteiger partial charge in [0.25, 0.3) is 5.91 Å². The minimum Gasteiger partial charge on any atom is -0.491 e. The number of rotatable bonds is 7. The van der Waals surface area contributed by atoms with Gasteiger partial charge in [0, 0.05) is 51.0 Å². The van der Waals surface area contributed by atoms with E-state index in [1.165, 1.54) is 5.56 Å². The van der Waals surface area contributed by atoms with Gasteiger partial charge in [-0.2, -0.15) is 5.10 Å². The molecule has 34 heavy (non-hydrogen) atoms. The van der Waals surface area contributed by atoms with Crippen LogP contribution < -0.4 is 4.74 Å². The van der Waals surface area contributed by atoms with Crippen molar-refractivity contribution in [1.82, 2.24) is 19.4 Å². The van der Waals surface area contributed by atoms with E-state index in [0.717, 1.165) is 44.8 Å². The Kier molecular flexibility index (Phi) is 7.38. The van der Waals surface area contributed by atoms with Gasteiger partial charge in [0.15, 0.2) is 0 Å². The quantitative estimate of drug-likeness (QED) is 0.535. The largest absolute Gasteiger partial charge is 0.491 e. The van der Waals surface area contributed by atoms with Crippen LogP contribution in [0.25, 0.3) is 5.52 Å². The molecule has 0 N–H and O–H groups in total. The second-order valence-electron chi connectivity index (χ2n) is 8.89. The lowest BCUT2D eigenvalue weighted by molar-refractivity contribution is 0.0321. The minimum absolute atomic E-state index is 0.0000314. The second-order valence-corrected chi connectivity index (χ2v) is 8.89. The Bertz CT molecular complexity index is 1100. The number of carbonyl (C=O) groups excluding carboxylic acids is 1. The average Bonchev–Trinajstić information content (AvgIpc) is 3.24. The molecule has 3 aromatic rings. The fourth-order valence-electron chi connectivity index (χ4n) is 4.73. The molecule has 5 rings (SSSR count). The lowest BCUT2D eigenvalue weighted by atomic mass is 9.99. The summed E-state index contributed by atoms with van der Waals surface area (Å²) in [5.74, 6) is 0.855. The molecule has 1 amide bonds. The fourth-order valence-corrected chi connectivity index (χ4v) is 4.73. The summed E-state index contributed by atoms with van der Waals surface area (Å²) >= 11 is 0. The van der Waals surface area contributed by atoms with Crippen LogP contribution in [0.5, 0.6) is 5.75 Å². The molecule has 2 fully saturated rings. The van der Waals surface area contributed by atoms with Crippen molar-refractivity contribution >= 4 is 11.4 Å². The smallest absolute Gasteiger partial charge is 0.257 e. The van der Waals surface area contributed by atoms with E-state index in [1.807, 2.05) is 58.2 Å². The van der Waals surface area contributed by atoms with Crippen LogP contribution in [0.3, 0.4) is 0 Å². The maximum absolute atomic E-state index is 13.6. The monoisotopic (exact) mass is 464 g/mol. The van der Waals surface area contributed by atoms with Gasteiger partial charge in [0.05, 0.1) is 37.5 Å². The van der Waals surface area contributed by atoms with E-state index >= 15 is 0 Å². The number of hydrogen-bond acceptors (Lipinski definition) is 6. The number of carbonyl (C=O) groups is 1. The van der Waals surface area contributed by atoms with Crippen LogP contribution >= 0.6 is 0 Å². The third-order valence-electron chi connectivity index (χ3n) is 6.54. The SMILES string of the molecule is O=C(c1ccccc1OCCN1CCOCC1)N1CCOCC(Cc2cccn3nccc23)C1. The van der Waals surface area contributed by atoms with Crippen LogP contribution in [-0.4, -0.2) is 91.1 Å². The van der Waals surface area contributed by atoms with E-state index in [2.05, 4.69) is 16.1 Å². The van der Waals surface area contributed by atoms with Crippen molar-refractivity contribution in [1.29, 1.82) is 0 Å². The molecule has 4 heterocycles. The molecular weight excluding hydrogens is 432 g/mol. The summed E-state index contributed by atoms with van der Waals surface area (Å²) < 4.78 is 19.3. The molecule has 2 saturated heterocycles. The van der Waals surface area contributed by atoms with Crippen molar-refractivity contribution < 1.29 is 19.0 Å². The number of fused-ring (bicyclic) bond motifs is 1. The van der Waals surface area contributed by atoms with Gasteiger partial charge < -0.3 is 19.1 Å². The van der Waals surface area contributed by atoms with E-state index in [4.69, 9.17) is 14.2 Å². The predicted molar refractivity (Wildman–Crippen MR) is 128 cm³/mol. The molecule has 1 unspecified atom stereocenters. The van der Waals surface area contributed by atoms with E-state index < -0.39 is 0 Å². The lowest BCUT2D eigenvalue weighted by Gasteiger charge is -2.27. The molecule has 1 aromatic carbocycles. The van der Waals surface area contributed by atoms with Crippen LogP contribution in [0, 0.1) is 5.92 Å². The molecule has 2 aromatic heterocycles. The van der Waals surface area contributed by atoms with Gasteiger partial charge in [-0.15, -0.1) is 0 Å². The minimum atomic E-state index is 0.0000314. The standard InChI is InChI=1S/C26H32N4O4/c31-26(23-5-1-2-6-25(23)34-17-12-28-10-14-32-15-11-28)29-13-16-33-20-21(19-29)18-22-4-3-9-30-24(22)7-8-27-30/h1-9,21H,10-20H2. The Labute approximate surface area is 200 Å². The summed E-state index contributed by atoms with van der Waals surface area (Å²) in [6, 6.07) is 13.7. The van der Waals surface area contributed by atoms with Crippen molar-refractivity contribution in [2.45, 2.75) is 6.42 Å². The van der Waals surface area contributed by atoms with Gasteiger partial charge in [0.1, 0.15) is 12.4 Å². The Hall–Kier alpha value is -2.94. The van der Waals surface area contributed by atoms with Gasteiger partial charge in [0.2, 0.25) is 0 Å². The fraction of sp³-hybridized carbons (Fsp3) is 0.462. The number of hydrogen-bond donors (Lipinski definition) is 0. The van der Waals surface area contributed by atoms with E-state index in [1.54, 1.807) is 0 Å². The molecule has 2 aliphatic rings. The van der Waals surface area contributed by atoms with Crippen LogP contribution in [-0.2, 0) is 15.9 Å². The van der Waals surface area contributed by atoms with Crippen LogP contribution in [0.1, 0.15) is 15.9 Å². The third-order valence-corrected chi connectivity index (χ3v) is 6.54. The van der Waals surface area contributed by atoms with Gasteiger partial charge in [-0.05, 0) is 36.2 Å². The third kappa shape index (κ3) is 5.41. The van der Waals surface area contributed by atoms with Gasteiger partial charge in [-0.1, -0.05) is 18.2 Å². The maximum Gasteiger partial charge on any atom is 0.257 e. The normalized spacial score (nSPS) is 19.8. The Morgan fingerprint density at radius 1 is 1.03 bits per heavy atom. The van der Waals surface area contributed by atoms with Crippen molar-refractivity contribution in [2.75, 3.05) is 65.8 Å². The maximum atomic E-state index is 13.6. The van der Waals surface area contributed by atoms with Crippen molar-refractivity contribution in [3.8, 4) is 5.75 Å². The van der Waals surface area contributed by atoms with Crippen molar-refractivity contribution in [3.63, 3.8) is 0 Å². The summed E-state index contributed by atoms with van der Waals surface area (Å²) in [5, 5.41) is 4.34. The van der Waals surface area contributed by atoms with Crippen LogP contribution in [0.2, 0.25) is 0 Å². The van der Waals surface area contributed by atoms with Gasteiger partial charge in [-0.3, -0.25) is 9.69 Å². The number of nitrogens with zero attached hydrogens (tertiary/aromatic N) is 4. The molecule has 0 saturated carbocycles. The molecule has 8 heteroatoms. The van der Waals surface area contributed by atoms with E-state index in [9.17, 15) is 4.79 Å². The number of pyridine rings is 1. The highest BCUT2D eigenvalue weighted by atomic mass is 16.5. The molecule has 0 aliphatic carbocycles. The van der Waals surface area contributed by atoms with E-state index in [0.29, 0.717) is 44.2 Å². The number of benzene rings is 1. The molecule has 1 atom stereocenters. The number of morpholine rings is 1. The zero-order valence-electron chi connectivity index (χ0n) is 19.5. The highest BCUT2D eigenvalue weighted by molar-refractivity contribution is 5.97. The first-order chi connectivity index (χ1) is 16.8.